The highest BCUT2D eigenvalue weighted by Crippen LogP contribution is 2.51. The Hall–Kier alpha value is -6.78. The van der Waals surface area contributed by atoms with E-state index in [1.807, 2.05) is 12.2 Å². The molecule has 4 nitrogen and oxygen atoms in total. The van der Waals surface area contributed by atoms with Crippen LogP contribution in [0.5, 0.6) is 0 Å². The zero-order valence-corrected chi connectivity index (χ0v) is 32.7. The van der Waals surface area contributed by atoms with Gasteiger partial charge in [0.15, 0.2) is 0 Å². The first-order chi connectivity index (χ1) is 27.4. The van der Waals surface area contributed by atoms with E-state index in [1.54, 1.807) is 0 Å². The molecular formula is C52H48N4. The molecule has 0 fully saturated rings. The van der Waals surface area contributed by atoms with Crippen molar-refractivity contribution in [2.75, 3.05) is 33.7 Å². The molecule has 0 radical (unpaired) electrons. The zero-order valence-electron chi connectivity index (χ0n) is 32.7. The van der Waals surface area contributed by atoms with E-state index in [-0.39, 0.29) is 6.04 Å². The second-order valence-corrected chi connectivity index (χ2v) is 14.4. The van der Waals surface area contributed by atoms with Gasteiger partial charge in [-0.3, -0.25) is 0 Å². The van der Waals surface area contributed by atoms with Crippen LogP contribution in [0.15, 0.2) is 200 Å². The summed E-state index contributed by atoms with van der Waals surface area (Å²) in [5, 5.41) is 2.26. The van der Waals surface area contributed by atoms with Crippen molar-refractivity contribution in [2.24, 2.45) is 0 Å². The first kappa shape index (κ1) is 36.2. The van der Waals surface area contributed by atoms with Crippen LogP contribution in [0.4, 0.5) is 51.2 Å². The van der Waals surface area contributed by atoms with Gasteiger partial charge in [0.1, 0.15) is 0 Å². The predicted molar refractivity (Wildman–Crippen MR) is 242 cm³/mol. The molecule has 0 amide bonds. The Bertz CT molecular complexity index is 2540. The first-order valence-electron chi connectivity index (χ1n) is 19.4. The van der Waals surface area contributed by atoms with Crippen molar-refractivity contribution >= 4 is 62.3 Å². The van der Waals surface area contributed by atoms with Crippen molar-refractivity contribution < 1.29 is 0 Å². The van der Waals surface area contributed by atoms with Crippen LogP contribution in [0.3, 0.4) is 0 Å². The molecule has 2 aliphatic heterocycles. The van der Waals surface area contributed by atoms with Gasteiger partial charge >= 0.3 is 0 Å². The Balaban J connectivity index is 1.40. The van der Waals surface area contributed by atoms with Gasteiger partial charge in [0.2, 0.25) is 0 Å². The summed E-state index contributed by atoms with van der Waals surface area (Å²) in [6.07, 6.45) is 22.4. The molecule has 0 saturated heterocycles. The minimum atomic E-state index is 0.0316. The molecule has 1 unspecified atom stereocenters. The fraction of sp³-hybridized carbons (Fsp3) is 0.115. The lowest BCUT2D eigenvalue weighted by atomic mass is 9.93. The lowest BCUT2D eigenvalue weighted by Crippen LogP contribution is -2.35. The number of fused-ring (bicyclic) bond motifs is 5. The second kappa shape index (κ2) is 15.5. The highest BCUT2D eigenvalue weighted by molar-refractivity contribution is 5.98. The molecule has 0 saturated carbocycles. The standard InChI is InChI=1S/C52H48N4/c1-7-9-20-37(3)41-23-19-22-39(55-49-28-15-11-24-45(49)53(5)46-25-12-16-29-50(46)55)32-34-42(38(4)21-10-8-2)43-35-33-40(36-44(41)43)56-51-30-17-13-26-47(51)54(6)48-27-14-18-31-52(48)56/h7-21,23-36,39H,1,3,22H2,2,4-6H3/b10-8-,20-9-,23-19+,34-32+,38-21+,43-42+,44-41+. The largest absolute Gasteiger partial charge is 0.341 e. The van der Waals surface area contributed by atoms with Gasteiger partial charge in [0.25, 0.3) is 0 Å². The summed E-state index contributed by atoms with van der Waals surface area (Å²) in [7, 11) is 4.31. The molecule has 1 atom stereocenters. The molecule has 0 bridgehead atoms. The molecule has 0 N–H and O–H groups in total. The third-order valence-corrected chi connectivity index (χ3v) is 11.0. The SMILES string of the molecule is C=C/C=C\C(=C)C1=c2/cc(N3c4ccccc4N(C)c4ccccc43)cc/c2=C(\C(C)=C\C=C/C)/C=C/C(N2c3ccccc3N(C)c3ccccc32)C/C=C/1. The van der Waals surface area contributed by atoms with Crippen LogP contribution >= 0.6 is 0 Å². The summed E-state index contributed by atoms with van der Waals surface area (Å²) in [5.41, 5.74) is 14.8. The van der Waals surface area contributed by atoms with E-state index in [9.17, 15) is 0 Å². The van der Waals surface area contributed by atoms with Gasteiger partial charge in [-0.25, -0.2) is 0 Å². The summed E-state index contributed by atoms with van der Waals surface area (Å²) in [5.74, 6) is 0. The average molecular weight is 729 g/mol. The summed E-state index contributed by atoms with van der Waals surface area (Å²) >= 11 is 0. The Labute approximate surface area is 332 Å². The van der Waals surface area contributed by atoms with Gasteiger partial charge in [-0.15, -0.1) is 0 Å². The molecule has 8 rings (SSSR count). The fourth-order valence-electron chi connectivity index (χ4n) is 8.27. The number of hydrogen-bond acceptors (Lipinski definition) is 4. The molecule has 276 valence electrons. The van der Waals surface area contributed by atoms with Crippen molar-refractivity contribution in [2.45, 2.75) is 26.3 Å². The smallest absolute Gasteiger partial charge is 0.0699 e. The van der Waals surface area contributed by atoms with Crippen molar-refractivity contribution in [3.63, 3.8) is 0 Å². The van der Waals surface area contributed by atoms with Crippen LogP contribution in [0.1, 0.15) is 20.3 Å². The van der Waals surface area contributed by atoms with Crippen LogP contribution in [-0.2, 0) is 0 Å². The maximum atomic E-state index is 4.65. The zero-order chi connectivity index (χ0) is 38.8. The lowest BCUT2D eigenvalue weighted by molar-refractivity contribution is 0.785. The highest BCUT2D eigenvalue weighted by atomic mass is 15.3. The third kappa shape index (κ3) is 6.43. The van der Waals surface area contributed by atoms with Gasteiger partial charge in [0.05, 0.1) is 51.5 Å². The minimum absolute atomic E-state index is 0.0316. The van der Waals surface area contributed by atoms with E-state index in [4.69, 9.17) is 0 Å². The van der Waals surface area contributed by atoms with Crippen molar-refractivity contribution in [1.82, 2.24) is 0 Å². The number of hydrogen-bond donors (Lipinski definition) is 0. The van der Waals surface area contributed by atoms with Gasteiger partial charge in [-0.1, -0.05) is 129 Å². The topological polar surface area (TPSA) is 13.0 Å². The number of allylic oxidation sites excluding steroid dienone is 10. The molecule has 4 heteroatoms. The number of para-hydroxylation sites is 8. The van der Waals surface area contributed by atoms with E-state index in [1.165, 1.54) is 28.3 Å². The maximum Gasteiger partial charge on any atom is 0.0699 e. The number of nitrogens with zero attached hydrogens (tertiary/aromatic N) is 4. The second-order valence-electron chi connectivity index (χ2n) is 14.4. The van der Waals surface area contributed by atoms with Gasteiger partial charge in [0, 0.05) is 19.8 Å². The van der Waals surface area contributed by atoms with E-state index in [0.29, 0.717) is 0 Å². The van der Waals surface area contributed by atoms with Gasteiger partial charge in [-0.05, 0) is 114 Å². The summed E-state index contributed by atoms with van der Waals surface area (Å²) in [6, 6.07) is 41.7. The minimum Gasteiger partial charge on any atom is -0.341 e. The molecular weight excluding hydrogens is 681 g/mol. The summed E-state index contributed by atoms with van der Waals surface area (Å²) < 4.78 is 0. The monoisotopic (exact) mass is 728 g/mol. The highest BCUT2D eigenvalue weighted by Gasteiger charge is 2.30. The van der Waals surface area contributed by atoms with Crippen molar-refractivity contribution in [3.05, 3.63) is 211 Å². The molecule has 5 aromatic carbocycles. The summed E-state index contributed by atoms with van der Waals surface area (Å²) in [4.78, 5) is 9.48. The molecule has 0 spiro atoms. The summed E-state index contributed by atoms with van der Waals surface area (Å²) in [6.45, 7) is 12.9. The Morgan fingerprint density at radius 3 is 1.73 bits per heavy atom. The quantitative estimate of drug-likeness (QED) is 0.155. The number of anilines is 9. The van der Waals surface area contributed by atoms with Crippen LogP contribution in [0.25, 0.3) is 11.1 Å². The molecule has 5 aromatic rings. The van der Waals surface area contributed by atoms with Crippen molar-refractivity contribution in [3.8, 4) is 0 Å². The Morgan fingerprint density at radius 1 is 0.643 bits per heavy atom. The van der Waals surface area contributed by atoms with E-state index in [2.05, 4.69) is 225 Å². The molecule has 1 aliphatic carbocycles. The predicted octanol–water partition coefficient (Wildman–Crippen LogP) is 12.2. The Kier molecular flexibility index (Phi) is 10.0. The first-order valence-corrected chi connectivity index (χ1v) is 19.4. The normalized spacial score (nSPS) is 19.5. The Morgan fingerprint density at radius 2 is 1.18 bits per heavy atom. The van der Waals surface area contributed by atoms with Gasteiger partial charge < -0.3 is 19.6 Å². The number of rotatable bonds is 7. The van der Waals surface area contributed by atoms with Gasteiger partial charge in [-0.2, -0.15) is 0 Å². The van der Waals surface area contributed by atoms with Crippen molar-refractivity contribution in [1.29, 1.82) is 0 Å². The van der Waals surface area contributed by atoms with Crippen LogP contribution in [-0.4, -0.2) is 20.1 Å². The van der Waals surface area contributed by atoms with Crippen LogP contribution < -0.4 is 30.0 Å². The lowest BCUT2D eigenvalue weighted by Gasteiger charge is -2.41. The molecule has 0 aromatic heterocycles. The van der Waals surface area contributed by atoms with E-state index >= 15 is 0 Å². The van der Waals surface area contributed by atoms with Crippen LogP contribution in [0, 0.1) is 0 Å². The molecule has 2 heterocycles. The molecule has 3 aliphatic rings. The maximum absolute atomic E-state index is 4.65. The average Bonchev–Trinajstić information content (AvgIpc) is 3.24. The molecule has 56 heavy (non-hydrogen) atoms. The fourth-order valence-corrected chi connectivity index (χ4v) is 8.27. The third-order valence-electron chi connectivity index (χ3n) is 11.0. The van der Waals surface area contributed by atoms with E-state index < -0.39 is 0 Å². The number of benzene rings is 5. The van der Waals surface area contributed by atoms with E-state index in [0.717, 1.165) is 62.0 Å². The van der Waals surface area contributed by atoms with Crippen LogP contribution in [0.2, 0.25) is 0 Å².